The normalized spacial score (nSPS) is 24.2. The molecule has 2 aliphatic rings. The van der Waals surface area contributed by atoms with E-state index in [-0.39, 0.29) is 5.56 Å². The van der Waals surface area contributed by atoms with Gasteiger partial charge in [0.2, 0.25) is 0 Å². The molecule has 3 atom stereocenters. The van der Waals surface area contributed by atoms with Crippen LogP contribution in [0.2, 0.25) is 0 Å². The lowest BCUT2D eigenvalue weighted by Gasteiger charge is -2.41. The third kappa shape index (κ3) is 2.79. The molecule has 132 valence electrons. The number of fused-ring (bicyclic) bond motifs is 4. The number of thiophene rings is 1. The average molecular weight is 365 g/mol. The van der Waals surface area contributed by atoms with Crippen LogP contribution in [0.3, 0.4) is 0 Å². The van der Waals surface area contributed by atoms with Crippen LogP contribution in [0.15, 0.2) is 53.2 Å². The summed E-state index contributed by atoms with van der Waals surface area (Å²) < 4.78 is 2.02. The van der Waals surface area contributed by atoms with Gasteiger partial charge >= 0.3 is 0 Å². The molecular weight excluding hydrogens is 344 g/mol. The van der Waals surface area contributed by atoms with E-state index in [0.717, 1.165) is 37.3 Å². The lowest BCUT2D eigenvalue weighted by Crippen LogP contribution is -3.13. The van der Waals surface area contributed by atoms with Crippen molar-refractivity contribution < 1.29 is 4.90 Å². The number of likely N-dealkylation sites (tertiary alicyclic amines) is 1. The molecule has 5 heterocycles. The van der Waals surface area contributed by atoms with Crippen molar-refractivity contribution in [3.63, 3.8) is 0 Å². The Bertz CT molecular complexity index is 967. The van der Waals surface area contributed by atoms with Crippen LogP contribution >= 0.6 is 11.3 Å². The molecule has 0 radical (unpaired) electrons. The highest BCUT2D eigenvalue weighted by molar-refractivity contribution is 7.09. The van der Waals surface area contributed by atoms with Crippen molar-refractivity contribution >= 4 is 11.3 Å². The Morgan fingerprint density at radius 3 is 2.88 bits per heavy atom. The molecule has 3 aromatic rings. The zero-order chi connectivity index (χ0) is 17.5. The zero-order valence-corrected chi connectivity index (χ0v) is 15.3. The monoisotopic (exact) mass is 365 g/mol. The van der Waals surface area contributed by atoms with Gasteiger partial charge < -0.3 is 9.47 Å². The molecule has 0 saturated carbocycles. The number of pyridine rings is 1. The second kappa shape index (κ2) is 6.45. The van der Waals surface area contributed by atoms with Gasteiger partial charge in [-0.25, -0.2) is 9.97 Å². The van der Waals surface area contributed by atoms with Crippen LogP contribution in [0.1, 0.15) is 22.9 Å². The van der Waals surface area contributed by atoms with Crippen molar-refractivity contribution in [2.45, 2.75) is 25.4 Å². The molecule has 26 heavy (non-hydrogen) atoms. The van der Waals surface area contributed by atoms with Gasteiger partial charge in [-0.05, 0) is 23.9 Å². The molecule has 0 spiro atoms. The molecule has 1 fully saturated rings. The summed E-state index contributed by atoms with van der Waals surface area (Å²) in [5.41, 5.74) is 3.43. The van der Waals surface area contributed by atoms with Crippen molar-refractivity contribution in [2.24, 2.45) is 5.92 Å². The second-order valence-corrected chi connectivity index (χ2v) is 8.45. The number of hydrogen-bond acceptors (Lipinski definition) is 4. The minimum atomic E-state index is 0.122. The molecule has 1 N–H and O–H groups in total. The Kier molecular flexibility index (Phi) is 3.94. The quantitative estimate of drug-likeness (QED) is 0.767. The minimum absolute atomic E-state index is 0.122. The maximum Gasteiger partial charge on any atom is 0.250 e. The fourth-order valence-corrected chi connectivity index (χ4v) is 5.50. The van der Waals surface area contributed by atoms with Crippen LogP contribution < -0.4 is 10.5 Å². The van der Waals surface area contributed by atoms with Gasteiger partial charge in [-0.3, -0.25) is 4.79 Å². The van der Waals surface area contributed by atoms with Gasteiger partial charge in [0.15, 0.2) is 0 Å². The van der Waals surface area contributed by atoms with E-state index < -0.39 is 0 Å². The first kappa shape index (κ1) is 15.9. The second-order valence-electron chi connectivity index (χ2n) is 7.42. The van der Waals surface area contributed by atoms with Crippen molar-refractivity contribution in [3.05, 3.63) is 69.3 Å². The number of hydrogen-bond donors (Lipinski definition) is 1. The summed E-state index contributed by atoms with van der Waals surface area (Å²) >= 11 is 1.84. The predicted octanol–water partition coefficient (Wildman–Crippen LogP) is 1.57. The van der Waals surface area contributed by atoms with Gasteiger partial charge in [0, 0.05) is 53.7 Å². The smallest absolute Gasteiger partial charge is 0.250 e. The molecule has 0 aliphatic carbocycles. The van der Waals surface area contributed by atoms with Gasteiger partial charge in [-0.1, -0.05) is 6.07 Å². The van der Waals surface area contributed by atoms with Crippen molar-refractivity contribution in [2.75, 3.05) is 13.1 Å². The molecule has 6 heteroatoms. The summed E-state index contributed by atoms with van der Waals surface area (Å²) in [6, 6.07) is 8.02. The highest BCUT2D eigenvalue weighted by Crippen LogP contribution is 2.36. The topological polar surface area (TPSA) is 52.2 Å². The summed E-state index contributed by atoms with van der Waals surface area (Å²) in [5.74, 6) is 0.998. The zero-order valence-electron chi connectivity index (χ0n) is 14.5. The van der Waals surface area contributed by atoms with E-state index >= 15 is 0 Å². The van der Waals surface area contributed by atoms with Crippen LogP contribution in [0.25, 0.3) is 11.1 Å². The standard InChI is InChI=1S/C20H20N4OS/c25-19-4-3-18(16-7-21-13-22-8-16)20-15-6-14(10-24(19)20)9-23(11-15)12-17-2-1-5-26-17/h1-5,7-8,13-15H,6,9-12H2/p+1/t14-,15+/m0/s1. The molecule has 2 bridgehead atoms. The molecule has 5 nitrogen and oxygen atoms in total. The van der Waals surface area contributed by atoms with Crippen molar-refractivity contribution in [1.29, 1.82) is 0 Å². The first-order valence-corrected chi connectivity index (χ1v) is 10.0. The third-order valence-electron chi connectivity index (χ3n) is 5.66. The lowest BCUT2D eigenvalue weighted by atomic mass is 9.80. The molecule has 0 amide bonds. The van der Waals surface area contributed by atoms with E-state index in [1.54, 1.807) is 17.3 Å². The van der Waals surface area contributed by atoms with Crippen molar-refractivity contribution in [1.82, 2.24) is 14.5 Å². The van der Waals surface area contributed by atoms with Crippen LogP contribution in [0.5, 0.6) is 0 Å². The summed E-state index contributed by atoms with van der Waals surface area (Å²) in [4.78, 5) is 24.0. The summed E-state index contributed by atoms with van der Waals surface area (Å²) in [6.45, 7) is 4.16. The Labute approximate surface area is 156 Å². The number of rotatable bonds is 3. The van der Waals surface area contributed by atoms with E-state index in [4.69, 9.17) is 0 Å². The number of piperidine rings is 1. The summed E-state index contributed by atoms with van der Waals surface area (Å²) in [6.07, 6.45) is 6.42. The number of quaternary nitrogens is 1. The van der Waals surface area contributed by atoms with Gasteiger partial charge in [-0.2, -0.15) is 0 Å². The Morgan fingerprint density at radius 1 is 1.19 bits per heavy atom. The van der Waals surface area contributed by atoms with Crippen LogP contribution in [0, 0.1) is 5.92 Å². The Morgan fingerprint density at radius 2 is 2.08 bits per heavy atom. The molecule has 3 aromatic heterocycles. The number of nitrogens with zero attached hydrogens (tertiary/aromatic N) is 3. The predicted molar refractivity (Wildman–Crippen MR) is 101 cm³/mol. The van der Waals surface area contributed by atoms with Crippen LogP contribution in [-0.4, -0.2) is 27.6 Å². The van der Waals surface area contributed by atoms with E-state index in [1.165, 1.54) is 17.0 Å². The van der Waals surface area contributed by atoms with Crippen LogP contribution in [-0.2, 0) is 13.1 Å². The van der Waals surface area contributed by atoms with Gasteiger partial charge in [-0.15, -0.1) is 11.3 Å². The molecule has 2 aliphatic heterocycles. The fraction of sp³-hybridized carbons (Fsp3) is 0.350. The van der Waals surface area contributed by atoms with Crippen LogP contribution in [0.4, 0.5) is 0 Å². The molecule has 0 aromatic carbocycles. The van der Waals surface area contributed by atoms with E-state index in [9.17, 15) is 4.79 Å². The first-order valence-electron chi connectivity index (χ1n) is 9.13. The first-order chi connectivity index (χ1) is 12.8. The SMILES string of the molecule is O=c1ccc(-c2cncnc2)c2n1C[C@H]1C[C@@H]2C[NH+](Cc2cccs2)C1. The average Bonchev–Trinajstić information content (AvgIpc) is 3.16. The maximum absolute atomic E-state index is 12.5. The molecule has 1 unspecified atom stereocenters. The Hall–Kier alpha value is -2.31. The number of aromatic nitrogens is 3. The molecule has 1 saturated heterocycles. The largest absolute Gasteiger partial charge is 0.330 e. The highest BCUT2D eigenvalue weighted by atomic mass is 32.1. The van der Waals surface area contributed by atoms with E-state index in [0.29, 0.717) is 11.8 Å². The van der Waals surface area contributed by atoms with E-state index in [2.05, 4.69) is 27.5 Å². The Balaban J connectivity index is 1.54. The van der Waals surface area contributed by atoms with Gasteiger partial charge in [0.25, 0.3) is 5.56 Å². The summed E-state index contributed by atoms with van der Waals surface area (Å²) in [5, 5.41) is 2.15. The minimum Gasteiger partial charge on any atom is -0.330 e. The molecular formula is C20H21N4OS+. The van der Waals surface area contributed by atoms with E-state index in [1.807, 2.05) is 34.4 Å². The third-order valence-corrected chi connectivity index (χ3v) is 6.54. The fourth-order valence-electron chi connectivity index (χ4n) is 4.72. The van der Waals surface area contributed by atoms with Gasteiger partial charge in [0.05, 0.1) is 18.0 Å². The maximum atomic E-state index is 12.5. The number of nitrogens with one attached hydrogen (secondary N) is 1. The van der Waals surface area contributed by atoms with Crippen molar-refractivity contribution in [3.8, 4) is 11.1 Å². The highest BCUT2D eigenvalue weighted by Gasteiger charge is 2.38. The lowest BCUT2D eigenvalue weighted by molar-refractivity contribution is -0.924. The summed E-state index contributed by atoms with van der Waals surface area (Å²) in [7, 11) is 0. The van der Waals surface area contributed by atoms with Gasteiger partial charge in [0.1, 0.15) is 12.9 Å². The molecule has 5 rings (SSSR count).